The van der Waals surface area contributed by atoms with Crippen molar-refractivity contribution in [2.24, 2.45) is 5.84 Å². The molecule has 1 heterocycles. The Hall–Kier alpha value is -0.680. The van der Waals surface area contributed by atoms with Crippen LogP contribution >= 0.6 is 27.3 Å². The highest BCUT2D eigenvalue weighted by Gasteiger charge is 2.12. The van der Waals surface area contributed by atoms with Crippen LogP contribution in [0.1, 0.15) is 21.6 Å². The Morgan fingerprint density at radius 3 is 2.68 bits per heavy atom. The van der Waals surface area contributed by atoms with E-state index in [4.69, 9.17) is 5.84 Å². The van der Waals surface area contributed by atoms with Crippen molar-refractivity contribution in [2.45, 2.75) is 32.7 Å². The van der Waals surface area contributed by atoms with E-state index in [-0.39, 0.29) is 6.04 Å². The van der Waals surface area contributed by atoms with Gasteiger partial charge >= 0.3 is 0 Å². The molecule has 1 aromatic carbocycles. The summed E-state index contributed by atoms with van der Waals surface area (Å²) in [4.78, 5) is 1.35. The summed E-state index contributed by atoms with van der Waals surface area (Å²) in [6.07, 6.45) is 1.92. The molecule has 4 heteroatoms. The number of halogens is 1. The van der Waals surface area contributed by atoms with Crippen LogP contribution in [0, 0.1) is 13.8 Å². The third-order valence-electron chi connectivity index (χ3n) is 3.28. The highest BCUT2D eigenvalue weighted by atomic mass is 79.9. The van der Waals surface area contributed by atoms with Gasteiger partial charge in [-0.05, 0) is 59.8 Å². The normalized spacial score (nSPS) is 12.6. The van der Waals surface area contributed by atoms with Gasteiger partial charge in [0.25, 0.3) is 0 Å². The molecule has 1 atom stereocenters. The molecule has 0 radical (unpaired) electrons. The first-order chi connectivity index (χ1) is 9.08. The Kier molecular flexibility index (Phi) is 5.16. The molecule has 2 aromatic rings. The zero-order valence-electron chi connectivity index (χ0n) is 11.2. The van der Waals surface area contributed by atoms with Gasteiger partial charge in [-0.15, -0.1) is 11.3 Å². The maximum atomic E-state index is 5.71. The second-order valence-corrected chi connectivity index (χ2v) is 6.84. The van der Waals surface area contributed by atoms with Crippen molar-refractivity contribution in [1.29, 1.82) is 0 Å². The van der Waals surface area contributed by atoms with Crippen LogP contribution in [-0.2, 0) is 12.8 Å². The first-order valence-electron chi connectivity index (χ1n) is 6.33. The van der Waals surface area contributed by atoms with Crippen molar-refractivity contribution in [1.82, 2.24) is 5.43 Å². The Balaban J connectivity index is 2.08. The van der Waals surface area contributed by atoms with Gasteiger partial charge in [0.2, 0.25) is 0 Å². The highest BCUT2D eigenvalue weighted by molar-refractivity contribution is 9.10. The summed E-state index contributed by atoms with van der Waals surface area (Å²) < 4.78 is 1.15. The molecule has 0 saturated heterocycles. The van der Waals surface area contributed by atoms with Gasteiger partial charge in [0, 0.05) is 20.8 Å². The van der Waals surface area contributed by atoms with Crippen LogP contribution in [0.25, 0.3) is 0 Å². The van der Waals surface area contributed by atoms with Gasteiger partial charge in [-0.3, -0.25) is 11.3 Å². The number of thiophene rings is 1. The van der Waals surface area contributed by atoms with Crippen LogP contribution in [0.3, 0.4) is 0 Å². The molecular formula is C15H19BrN2S. The summed E-state index contributed by atoms with van der Waals surface area (Å²) in [5.74, 6) is 5.71. The van der Waals surface area contributed by atoms with Gasteiger partial charge < -0.3 is 0 Å². The Bertz CT molecular complexity index is 551. The Morgan fingerprint density at radius 1 is 1.26 bits per heavy atom. The smallest absolute Gasteiger partial charge is 0.0299 e. The number of hydrogen-bond donors (Lipinski definition) is 2. The maximum absolute atomic E-state index is 5.71. The SMILES string of the molecule is Cc1ccc(C)c(CC(Cc2cc(Br)cs2)NN)c1. The first kappa shape index (κ1) is 14.7. The molecule has 1 unspecified atom stereocenters. The standard InChI is InChI=1S/C15H19BrN2S/c1-10-3-4-11(2)12(5-10)6-14(18-17)8-15-7-13(16)9-19-15/h3-5,7,9,14,18H,6,8,17H2,1-2H3. The van der Waals surface area contributed by atoms with Crippen LogP contribution in [0.4, 0.5) is 0 Å². The number of benzene rings is 1. The van der Waals surface area contributed by atoms with E-state index in [1.165, 1.54) is 21.6 Å². The lowest BCUT2D eigenvalue weighted by Crippen LogP contribution is -2.38. The van der Waals surface area contributed by atoms with Crippen LogP contribution in [0.2, 0.25) is 0 Å². The summed E-state index contributed by atoms with van der Waals surface area (Å²) in [6, 6.07) is 9.02. The number of hydrazine groups is 1. The average Bonchev–Trinajstić information content (AvgIpc) is 2.78. The predicted molar refractivity (Wildman–Crippen MR) is 86.5 cm³/mol. The summed E-state index contributed by atoms with van der Waals surface area (Å²) in [5, 5.41) is 2.11. The third-order valence-corrected chi connectivity index (χ3v) is 5.00. The lowest BCUT2D eigenvalue weighted by atomic mass is 9.97. The second-order valence-electron chi connectivity index (χ2n) is 4.93. The molecule has 19 heavy (non-hydrogen) atoms. The molecule has 0 fully saturated rings. The van der Waals surface area contributed by atoms with E-state index in [0.717, 1.165) is 17.3 Å². The van der Waals surface area contributed by atoms with Gasteiger partial charge in [0.1, 0.15) is 0 Å². The predicted octanol–water partition coefficient (Wildman–Crippen LogP) is 3.74. The Labute approximate surface area is 127 Å². The minimum absolute atomic E-state index is 0.269. The largest absolute Gasteiger partial charge is 0.271 e. The molecule has 2 rings (SSSR count). The molecule has 1 aromatic heterocycles. The Morgan fingerprint density at radius 2 is 2.05 bits per heavy atom. The van der Waals surface area contributed by atoms with Crippen LogP contribution < -0.4 is 11.3 Å². The van der Waals surface area contributed by atoms with Gasteiger partial charge in [-0.2, -0.15) is 0 Å². The van der Waals surface area contributed by atoms with Crippen molar-refractivity contribution in [3.05, 3.63) is 55.7 Å². The third kappa shape index (κ3) is 4.14. The van der Waals surface area contributed by atoms with E-state index in [1.54, 1.807) is 11.3 Å². The number of nitrogens with two attached hydrogens (primary N) is 1. The van der Waals surface area contributed by atoms with E-state index in [9.17, 15) is 0 Å². The van der Waals surface area contributed by atoms with Gasteiger partial charge in [0.05, 0.1) is 0 Å². The lowest BCUT2D eigenvalue weighted by Gasteiger charge is -2.17. The monoisotopic (exact) mass is 338 g/mol. The molecule has 0 amide bonds. The highest BCUT2D eigenvalue weighted by Crippen LogP contribution is 2.22. The zero-order chi connectivity index (χ0) is 13.8. The van der Waals surface area contributed by atoms with Crippen LogP contribution in [0.5, 0.6) is 0 Å². The van der Waals surface area contributed by atoms with Crippen molar-refractivity contribution in [2.75, 3.05) is 0 Å². The van der Waals surface area contributed by atoms with Crippen LogP contribution in [-0.4, -0.2) is 6.04 Å². The fourth-order valence-corrected chi connectivity index (χ4v) is 3.71. The van der Waals surface area contributed by atoms with Gasteiger partial charge in [-0.1, -0.05) is 23.8 Å². The lowest BCUT2D eigenvalue weighted by molar-refractivity contribution is 0.524. The van der Waals surface area contributed by atoms with E-state index in [2.05, 4.69) is 64.8 Å². The number of aryl methyl sites for hydroxylation is 2. The summed E-state index contributed by atoms with van der Waals surface area (Å²) in [6.45, 7) is 4.29. The number of nitrogens with one attached hydrogen (secondary N) is 1. The minimum Gasteiger partial charge on any atom is -0.271 e. The molecule has 0 saturated carbocycles. The van der Waals surface area contributed by atoms with Gasteiger partial charge in [0.15, 0.2) is 0 Å². The van der Waals surface area contributed by atoms with Crippen molar-refractivity contribution in [3.8, 4) is 0 Å². The number of rotatable bonds is 5. The summed E-state index contributed by atoms with van der Waals surface area (Å²) >= 11 is 5.26. The van der Waals surface area contributed by atoms with E-state index in [0.29, 0.717) is 0 Å². The molecule has 2 nitrogen and oxygen atoms in total. The fourth-order valence-electron chi connectivity index (χ4n) is 2.18. The molecule has 3 N–H and O–H groups in total. The van der Waals surface area contributed by atoms with Crippen molar-refractivity contribution in [3.63, 3.8) is 0 Å². The van der Waals surface area contributed by atoms with Crippen molar-refractivity contribution >= 4 is 27.3 Å². The average molecular weight is 339 g/mol. The number of hydrogen-bond acceptors (Lipinski definition) is 3. The minimum atomic E-state index is 0.269. The topological polar surface area (TPSA) is 38.0 Å². The quantitative estimate of drug-likeness (QED) is 0.643. The second kappa shape index (κ2) is 6.66. The molecule has 0 spiro atoms. The maximum Gasteiger partial charge on any atom is 0.0299 e. The first-order valence-corrected chi connectivity index (χ1v) is 8.01. The molecule has 0 aliphatic heterocycles. The summed E-state index contributed by atoms with van der Waals surface area (Å²) in [7, 11) is 0. The zero-order valence-corrected chi connectivity index (χ0v) is 13.6. The fraction of sp³-hybridized carbons (Fsp3) is 0.333. The molecule has 0 aliphatic carbocycles. The molecular weight excluding hydrogens is 320 g/mol. The van der Waals surface area contributed by atoms with Crippen LogP contribution in [0.15, 0.2) is 34.1 Å². The molecule has 102 valence electrons. The van der Waals surface area contributed by atoms with E-state index >= 15 is 0 Å². The molecule has 0 aliphatic rings. The van der Waals surface area contributed by atoms with E-state index in [1.807, 2.05) is 0 Å². The van der Waals surface area contributed by atoms with Gasteiger partial charge in [-0.25, -0.2) is 0 Å². The van der Waals surface area contributed by atoms with Crippen molar-refractivity contribution < 1.29 is 0 Å². The summed E-state index contributed by atoms with van der Waals surface area (Å²) in [5.41, 5.74) is 6.95. The molecule has 0 bridgehead atoms. The van der Waals surface area contributed by atoms with E-state index < -0.39 is 0 Å².